The van der Waals surface area contributed by atoms with Crippen LogP contribution in [0.15, 0.2) is 42.5 Å². The van der Waals surface area contributed by atoms with Crippen LogP contribution >= 0.6 is 11.6 Å². The zero-order valence-electron chi connectivity index (χ0n) is 17.8. The predicted octanol–water partition coefficient (Wildman–Crippen LogP) is 3.95. The van der Waals surface area contributed by atoms with Crippen molar-refractivity contribution in [3.8, 4) is 5.75 Å². The largest absolute Gasteiger partial charge is 0.491 e. The lowest BCUT2D eigenvalue weighted by Gasteiger charge is -2.24. The third-order valence-electron chi connectivity index (χ3n) is 4.45. The van der Waals surface area contributed by atoms with Gasteiger partial charge in [-0.1, -0.05) is 29.8 Å². The van der Waals surface area contributed by atoms with Crippen LogP contribution in [-0.4, -0.2) is 39.8 Å². The normalized spacial score (nSPS) is 11.4. The first-order valence-electron chi connectivity index (χ1n) is 9.83. The summed E-state index contributed by atoms with van der Waals surface area (Å²) in [5, 5.41) is 3.24. The third-order valence-corrected chi connectivity index (χ3v) is 5.99. The lowest BCUT2D eigenvalue weighted by atomic mass is 10.1. The fraction of sp³-hybridized carbons (Fsp3) is 0.409. The van der Waals surface area contributed by atoms with Gasteiger partial charge in [-0.3, -0.25) is 9.10 Å². The molecule has 2 aromatic carbocycles. The number of benzene rings is 2. The summed E-state index contributed by atoms with van der Waals surface area (Å²) in [6, 6.07) is 12.9. The van der Waals surface area contributed by atoms with Gasteiger partial charge in [0.05, 0.1) is 18.0 Å². The summed E-state index contributed by atoms with van der Waals surface area (Å²) in [6.45, 7) is 5.85. The fourth-order valence-electron chi connectivity index (χ4n) is 2.96. The second-order valence-electron chi connectivity index (χ2n) is 7.42. The Morgan fingerprint density at radius 1 is 1.17 bits per heavy atom. The van der Waals surface area contributed by atoms with Crippen LogP contribution in [0, 0.1) is 6.92 Å². The van der Waals surface area contributed by atoms with Crippen LogP contribution in [0.4, 0.5) is 5.69 Å². The zero-order valence-corrected chi connectivity index (χ0v) is 19.4. The molecule has 164 valence electrons. The maximum atomic E-state index is 12.4. The molecule has 0 atom stereocenters. The molecule has 1 amide bonds. The van der Waals surface area contributed by atoms with Gasteiger partial charge in [0.2, 0.25) is 15.9 Å². The van der Waals surface area contributed by atoms with E-state index in [0.29, 0.717) is 22.8 Å². The Hall–Kier alpha value is -2.25. The molecule has 0 heterocycles. The molecule has 0 unspecified atom stereocenters. The molecule has 8 heteroatoms. The van der Waals surface area contributed by atoms with Crippen LogP contribution in [0.5, 0.6) is 5.75 Å². The molecule has 1 N–H and O–H groups in total. The van der Waals surface area contributed by atoms with Crippen molar-refractivity contribution in [2.45, 2.75) is 39.7 Å². The minimum atomic E-state index is -3.64. The van der Waals surface area contributed by atoms with Crippen molar-refractivity contribution < 1.29 is 17.9 Å². The van der Waals surface area contributed by atoms with E-state index < -0.39 is 10.0 Å². The van der Waals surface area contributed by atoms with Gasteiger partial charge in [-0.15, -0.1) is 0 Å². The van der Waals surface area contributed by atoms with Crippen molar-refractivity contribution >= 4 is 33.2 Å². The maximum absolute atomic E-state index is 12.4. The smallest absolute Gasteiger partial charge is 0.240 e. The van der Waals surface area contributed by atoms with E-state index in [9.17, 15) is 13.2 Å². The van der Waals surface area contributed by atoms with E-state index in [0.717, 1.165) is 34.7 Å². The summed E-state index contributed by atoms with van der Waals surface area (Å²) >= 11 is 6.11. The molecule has 0 spiro atoms. The van der Waals surface area contributed by atoms with E-state index >= 15 is 0 Å². The van der Waals surface area contributed by atoms with E-state index in [1.165, 1.54) is 0 Å². The van der Waals surface area contributed by atoms with Crippen molar-refractivity contribution in [1.29, 1.82) is 0 Å². The standard InChI is InChI=1S/C22H29ClN2O4S/c1-16(2)29-19-12-10-18(11-13-19)7-6-14-24-22(26)15-25(30(4,27)28)21-9-5-8-20(23)17(21)3/h5,8-13,16H,6-7,14-15H2,1-4H3,(H,24,26). The second-order valence-corrected chi connectivity index (χ2v) is 9.73. The molecule has 6 nitrogen and oxygen atoms in total. The number of ether oxygens (including phenoxy) is 1. The molecule has 0 aliphatic carbocycles. The Morgan fingerprint density at radius 2 is 1.83 bits per heavy atom. The number of hydrogen-bond acceptors (Lipinski definition) is 4. The van der Waals surface area contributed by atoms with Crippen LogP contribution in [0.2, 0.25) is 5.02 Å². The van der Waals surface area contributed by atoms with E-state index in [1.54, 1.807) is 25.1 Å². The lowest BCUT2D eigenvalue weighted by molar-refractivity contribution is -0.119. The number of anilines is 1. The third kappa shape index (κ3) is 7.22. The molecule has 0 saturated carbocycles. The molecule has 0 aliphatic heterocycles. The Kier molecular flexibility index (Phi) is 8.55. The van der Waals surface area contributed by atoms with Gasteiger partial charge in [-0.25, -0.2) is 8.42 Å². The predicted molar refractivity (Wildman–Crippen MR) is 122 cm³/mol. The van der Waals surface area contributed by atoms with Crippen LogP contribution in [0.25, 0.3) is 0 Å². The second kappa shape index (κ2) is 10.7. The van der Waals surface area contributed by atoms with Crippen LogP contribution < -0.4 is 14.4 Å². The van der Waals surface area contributed by atoms with E-state index in [4.69, 9.17) is 16.3 Å². The number of amides is 1. The highest BCUT2D eigenvalue weighted by molar-refractivity contribution is 7.92. The summed E-state index contributed by atoms with van der Waals surface area (Å²) in [5.74, 6) is 0.472. The average Bonchev–Trinajstić information content (AvgIpc) is 2.66. The van der Waals surface area contributed by atoms with E-state index in [1.807, 2.05) is 38.1 Å². The van der Waals surface area contributed by atoms with Gasteiger partial charge in [-0.2, -0.15) is 0 Å². The summed E-state index contributed by atoms with van der Waals surface area (Å²) in [4.78, 5) is 12.4. The Labute approximate surface area is 184 Å². The van der Waals surface area contributed by atoms with E-state index in [-0.39, 0.29) is 18.6 Å². The van der Waals surface area contributed by atoms with Gasteiger partial charge < -0.3 is 10.1 Å². The van der Waals surface area contributed by atoms with Crippen LogP contribution in [-0.2, 0) is 21.2 Å². The van der Waals surface area contributed by atoms with Crippen molar-refractivity contribution in [2.24, 2.45) is 0 Å². The topological polar surface area (TPSA) is 75.7 Å². The highest BCUT2D eigenvalue weighted by Gasteiger charge is 2.22. The molecule has 0 fully saturated rings. The van der Waals surface area contributed by atoms with E-state index in [2.05, 4.69) is 5.32 Å². The van der Waals surface area contributed by atoms with Gasteiger partial charge in [0.1, 0.15) is 12.3 Å². The highest BCUT2D eigenvalue weighted by atomic mass is 35.5. The van der Waals surface area contributed by atoms with Gasteiger partial charge in [0, 0.05) is 11.6 Å². The highest BCUT2D eigenvalue weighted by Crippen LogP contribution is 2.28. The molecular weight excluding hydrogens is 424 g/mol. The molecule has 0 radical (unpaired) electrons. The molecular formula is C22H29ClN2O4S. The SMILES string of the molecule is Cc1c(Cl)cccc1N(CC(=O)NCCCc1ccc(OC(C)C)cc1)S(C)(=O)=O. The summed E-state index contributed by atoms with van der Waals surface area (Å²) in [6.07, 6.45) is 2.75. The number of nitrogens with one attached hydrogen (secondary N) is 1. The number of hydrogen-bond donors (Lipinski definition) is 1. The molecule has 0 bridgehead atoms. The van der Waals surface area contributed by atoms with Gasteiger partial charge >= 0.3 is 0 Å². The first-order chi connectivity index (χ1) is 14.1. The summed E-state index contributed by atoms with van der Waals surface area (Å²) in [5.41, 5.74) is 2.17. The van der Waals surface area contributed by atoms with Crippen molar-refractivity contribution in [3.05, 3.63) is 58.6 Å². The fourth-order valence-corrected chi connectivity index (χ4v) is 4.04. The number of nitrogens with zero attached hydrogens (tertiary/aromatic N) is 1. The minimum Gasteiger partial charge on any atom is -0.491 e. The quantitative estimate of drug-likeness (QED) is 0.554. The van der Waals surface area contributed by atoms with Gasteiger partial charge in [0.25, 0.3) is 0 Å². The Balaban J connectivity index is 1.88. The van der Waals surface area contributed by atoms with Gasteiger partial charge in [0.15, 0.2) is 0 Å². The maximum Gasteiger partial charge on any atom is 0.240 e. The Bertz CT molecular complexity index is 960. The molecule has 2 aromatic rings. The summed E-state index contributed by atoms with van der Waals surface area (Å²) < 4.78 is 31.2. The van der Waals surface area contributed by atoms with Crippen LogP contribution in [0.1, 0.15) is 31.4 Å². The number of carbonyl (C=O) groups is 1. The monoisotopic (exact) mass is 452 g/mol. The zero-order chi connectivity index (χ0) is 22.3. The first-order valence-corrected chi connectivity index (χ1v) is 12.1. The Morgan fingerprint density at radius 3 is 2.43 bits per heavy atom. The summed E-state index contributed by atoms with van der Waals surface area (Å²) in [7, 11) is -3.64. The molecule has 30 heavy (non-hydrogen) atoms. The average molecular weight is 453 g/mol. The van der Waals surface area contributed by atoms with Gasteiger partial charge in [-0.05, 0) is 69.0 Å². The van der Waals surface area contributed by atoms with Crippen LogP contribution in [0.3, 0.4) is 0 Å². The number of aryl methyl sites for hydroxylation is 1. The van der Waals surface area contributed by atoms with Crippen molar-refractivity contribution in [1.82, 2.24) is 5.32 Å². The number of carbonyl (C=O) groups excluding carboxylic acids is 1. The molecule has 0 aromatic heterocycles. The molecule has 2 rings (SSSR count). The number of sulfonamides is 1. The molecule has 0 aliphatic rings. The van der Waals surface area contributed by atoms with Crippen molar-refractivity contribution in [2.75, 3.05) is 23.7 Å². The van der Waals surface area contributed by atoms with Crippen molar-refractivity contribution in [3.63, 3.8) is 0 Å². The first kappa shape index (κ1) is 24.0. The molecule has 0 saturated heterocycles. The lowest BCUT2D eigenvalue weighted by Crippen LogP contribution is -2.41. The number of halogens is 1. The minimum absolute atomic E-state index is 0.133. The number of rotatable bonds is 10.